The molecule has 0 atom stereocenters. The lowest BCUT2D eigenvalue weighted by atomic mass is 9.76. The van der Waals surface area contributed by atoms with Crippen molar-refractivity contribution in [2.75, 3.05) is 0 Å². The highest BCUT2D eigenvalue weighted by atomic mass is 79.9. The minimum Gasteiger partial charge on any atom is -0.455 e. The number of rotatable bonds is 14. The molecule has 1 aliphatic rings. The Morgan fingerprint density at radius 1 is 0.250 bits per heavy atom. The molecule has 0 saturated heterocycles. The number of fused-ring (bicyclic) bond motifs is 12. The van der Waals surface area contributed by atoms with E-state index in [0.717, 1.165) is 143 Å². The van der Waals surface area contributed by atoms with Crippen molar-refractivity contribution in [3.8, 4) is 101 Å². The van der Waals surface area contributed by atoms with Crippen LogP contribution in [-0.4, -0.2) is 45.5 Å². The van der Waals surface area contributed by atoms with Crippen LogP contribution in [0.3, 0.4) is 0 Å². The number of allylic oxidation sites excluding steroid dienone is 4. The van der Waals surface area contributed by atoms with E-state index in [2.05, 4.69) is 433 Å². The van der Waals surface area contributed by atoms with E-state index in [1.807, 2.05) is 60.8 Å². The van der Waals surface area contributed by atoms with Crippen LogP contribution in [0.15, 0.2) is 494 Å². The van der Waals surface area contributed by atoms with Gasteiger partial charge in [-0.3, -0.25) is 9.97 Å². The first-order valence-electron chi connectivity index (χ1n) is 85.7. The zero-order chi connectivity index (χ0) is 170. The molecular formula is C130H166B2BrN4O3. The van der Waals surface area contributed by atoms with E-state index in [1.165, 1.54) is 121 Å². The highest BCUT2D eigenvalue weighted by Gasteiger charge is 2.34. The summed E-state index contributed by atoms with van der Waals surface area (Å²) in [6.45, 7) is 0. The van der Waals surface area contributed by atoms with Crippen LogP contribution in [0.25, 0.3) is 231 Å². The van der Waals surface area contributed by atoms with Gasteiger partial charge in [-0.1, -0.05) is 454 Å². The zero-order valence-electron chi connectivity index (χ0n) is 154. The Morgan fingerprint density at radius 2 is 0.571 bits per heavy atom. The van der Waals surface area contributed by atoms with Crippen molar-refractivity contribution in [2.24, 2.45) is 0 Å². The number of halogens is 1. The Hall–Kier alpha value is -17.1. The van der Waals surface area contributed by atoms with Crippen molar-refractivity contribution in [1.29, 1.82) is 0 Å². The second-order valence-electron chi connectivity index (χ2n) is 35.0. The predicted molar refractivity (Wildman–Crippen MR) is 677 cm³/mol. The number of pyridine rings is 4. The normalized spacial score (nSPS) is 14.1. The van der Waals surface area contributed by atoms with Gasteiger partial charge in [0, 0.05) is 196 Å². The van der Waals surface area contributed by atoms with Crippen LogP contribution in [-0.2, 0) is 0 Å². The summed E-state index contributed by atoms with van der Waals surface area (Å²) in [7, 11) is -1.51. The molecule has 737 valence electrons. The van der Waals surface area contributed by atoms with Crippen LogP contribution in [0.1, 0.15) is 152 Å². The summed E-state index contributed by atoms with van der Waals surface area (Å²) in [6, 6.07) is 168. The van der Waals surface area contributed by atoms with Gasteiger partial charge in [0.2, 0.25) is 0 Å². The summed E-state index contributed by atoms with van der Waals surface area (Å²) in [5, 5.41) is 37.5. The molecule has 0 fully saturated rings. The van der Waals surface area contributed by atoms with Crippen molar-refractivity contribution in [3.05, 3.63) is 512 Å². The number of hydrogen-bond acceptors (Lipinski definition) is 7. The molecule has 5 heterocycles. The molecule has 1 aliphatic carbocycles. The standard InChI is InChI=1S/C65H42N2.C42H27BrO.C22H15BN2O2.CH4.B.39H2/c1-4-18-42(19-5-1)60-53-29-12-14-31-55(53)63(56-32-15-13-30-54(56)60)58-41-57(61(43-20-6-2-7-21-43)62(58)44-22-8-3-9-23-44)48-25-16-24-47(40-48)49-36-37-52(51-28-11-10-27-50(49)51)59-38-35-46-34-33-45-26-17-39-66-64(45)65(46)67-59;43-32-26-24-31(25-27-32)41-38(29-16-6-2-7-17-29)39(30-18-8-3-9-19-30)42(44-41)40-35-22-12-10-20-33(35)37(28-14-4-1-5-15-28)34-21-11-13-23-36(34)40;26-23(27)19-11-10-18(16-5-1-2-6-17(16)19)20-12-9-15-8-7-14-4-3-13-24-21(14)22(15)25-20;;;;;;;;;;;;;;;;;;;;;;;;;;;;;;;;;;;;;;;;;/h1-40H,41H2;1-27H;1-13,26-27H;1H4;;39*1H/i;;;;;39*1+1D. The summed E-state index contributed by atoms with van der Waals surface area (Å²) < 4.78 is 398. The quantitative estimate of drug-likeness (QED) is 0.0635. The molecule has 0 aliphatic heterocycles. The molecule has 10 heteroatoms. The maximum Gasteiger partial charge on any atom is 0.489 e. The van der Waals surface area contributed by atoms with Crippen molar-refractivity contribution in [1.82, 2.24) is 19.9 Å². The first-order chi connectivity index (χ1) is 107. The fraction of sp³-hybridized carbons (Fsp3) is 0.0154. The van der Waals surface area contributed by atoms with E-state index in [1.54, 1.807) is 12.3 Å². The highest BCUT2D eigenvalue weighted by molar-refractivity contribution is 9.10. The molecule has 20 aromatic carbocycles. The summed E-state index contributed by atoms with van der Waals surface area (Å²) in [6.07, 6.45) is 4.40. The van der Waals surface area contributed by atoms with E-state index in [0.29, 0.717) is 5.46 Å². The number of hydrogen-bond donors (Lipinski definition) is 2. The van der Waals surface area contributed by atoms with Crippen molar-refractivity contribution >= 4 is 167 Å². The minimum absolute atomic E-state index is 0. The molecule has 25 aromatic rings. The number of benzene rings is 20. The molecular weight excluding hydrogens is 1770 g/mol. The van der Waals surface area contributed by atoms with Crippen LogP contribution in [0.5, 0.6) is 0 Å². The number of furan rings is 1. The average Bonchev–Trinajstić information content (AvgIpc) is 1.54. The molecule has 140 heavy (non-hydrogen) atoms. The van der Waals surface area contributed by atoms with Gasteiger partial charge < -0.3 is 14.5 Å². The molecule has 26 rings (SSSR count). The molecule has 0 bridgehead atoms. The number of nitrogens with zero attached hydrogens (tertiary/aromatic N) is 4. The molecule has 0 spiro atoms. The van der Waals surface area contributed by atoms with Crippen molar-refractivity contribution < 1.29 is 130 Å². The molecule has 7 nitrogen and oxygen atoms in total. The smallest absolute Gasteiger partial charge is 0.455 e. The van der Waals surface area contributed by atoms with E-state index in [-0.39, 0.29) is 15.8 Å². The Kier molecular flexibility index (Phi) is 14.9. The Morgan fingerprint density at radius 3 is 1.01 bits per heavy atom. The van der Waals surface area contributed by atoms with E-state index in [9.17, 15) is 10.0 Å². The van der Waals surface area contributed by atoms with E-state index < -0.39 is 7.12 Å². The van der Waals surface area contributed by atoms with Gasteiger partial charge in [0.15, 0.2) is 0 Å². The maximum atomic E-state index is 9.67. The molecule has 2 N–H and O–H groups in total. The molecule has 0 saturated carbocycles. The second-order valence-corrected chi connectivity index (χ2v) is 35.9. The van der Waals surface area contributed by atoms with Crippen LogP contribution >= 0.6 is 15.9 Å². The van der Waals surface area contributed by atoms with Gasteiger partial charge in [-0.2, -0.15) is 0 Å². The maximum absolute atomic E-state index is 9.67. The molecule has 3 radical (unpaired) electrons. The topological polar surface area (TPSA) is 105 Å². The first kappa shape index (κ1) is 54.6. The Bertz CT molecular complexity index is 9230. The van der Waals surface area contributed by atoms with Crippen molar-refractivity contribution in [3.63, 3.8) is 0 Å². The highest BCUT2D eigenvalue weighted by Crippen LogP contribution is 2.57. The molecule has 5 aromatic heterocycles. The van der Waals surface area contributed by atoms with Gasteiger partial charge in [-0.05, 0) is 208 Å². The lowest BCUT2D eigenvalue weighted by Gasteiger charge is -2.20. The van der Waals surface area contributed by atoms with Gasteiger partial charge in [0.05, 0.1) is 33.5 Å². The van der Waals surface area contributed by atoms with Gasteiger partial charge in [-0.15, -0.1) is 0 Å². The molecule has 0 unspecified atom stereocenters. The van der Waals surface area contributed by atoms with Gasteiger partial charge in [0.1, 0.15) is 11.5 Å². The van der Waals surface area contributed by atoms with Gasteiger partial charge >= 0.3 is 7.12 Å². The average molecular weight is 2010 g/mol. The van der Waals surface area contributed by atoms with Crippen LogP contribution in [0.4, 0.5) is 0 Å². The Labute approximate surface area is 943 Å². The third-order valence-corrected chi connectivity index (χ3v) is 27.6. The monoisotopic (exact) mass is 2010 g/mol. The van der Waals surface area contributed by atoms with Crippen LogP contribution in [0, 0.1) is 0 Å². The third kappa shape index (κ3) is 16.1. The van der Waals surface area contributed by atoms with E-state index >= 15 is 0 Å². The summed E-state index contributed by atoms with van der Waals surface area (Å²) in [4.78, 5) is 19.4. The predicted octanol–water partition coefficient (Wildman–Crippen LogP) is 43.0. The fourth-order valence-corrected chi connectivity index (χ4v) is 21.2. The molecule has 0 amide bonds. The number of aromatic nitrogens is 4. The summed E-state index contributed by atoms with van der Waals surface area (Å²) in [5.74, 6) is 1.73. The largest absolute Gasteiger partial charge is 0.489 e. The van der Waals surface area contributed by atoms with E-state index in [4.69, 9.17) is 135 Å². The zero-order valence-corrected chi connectivity index (χ0v) is 77.1. The SMILES string of the molecule is Brc1ccc(-c2oc(-c3c4ccccc4c(-c4ccccc4)c4ccccc34)c(-c3ccccc3)c2-c2ccccc2)cc1.C.OB(O)c1ccc(-c2ccc3ccc4cccnc4c3n2)c2ccccc12.[2H][2H].[2H][2H].[2H][2H].[2H][2H].[2H][2H].[2H][2H].[2H][2H].[2H][2H].[2H][2H].[2H][2H].[2H][2H].[2H][2H].[2H][2H].[2H][2H].[2H][2H].[2H][2H].[2H][2H].[2H][2H].[2H][2H].[2H][2H].[2H][2H].[2H][2H].[2H][2H].[2H][2H].[2H][2H].[2H][2H].[2H][2H].[2H][2H].[2H][2H].[2H][2H].[2H][2H].[2H][2H].[2H][2H].[2H][2H].[2H][2H].[2H][2H].[2H][2H].[2H][2H].[2H][2H].[B].c1ccc(C2=C(c3cccc(-c4ccc(-c5ccc6ccc7cccnc7c6n5)c5ccccc45)c3)CC(c3c4ccccc4c(-c4ccccc4)c4ccccc34)=C2c2ccccc2)cc1. The second kappa shape index (κ2) is 38.2. The van der Waals surface area contributed by atoms with Crippen molar-refractivity contribution in [2.45, 2.75) is 13.8 Å². The lowest BCUT2D eigenvalue weighted by molar-refractivity contribution is 0.426. The van der Waals surface area contributed by atoms with Gasteiger partial charge in [0.25, 0.3) is 0 Å². The summed E-state index contributed by atoms with van der Waals surface area (Å²) >= 11 is 3.62. The first-order valence-corrected chi connectivity index (χ1v) is 47.5. The fourth-order valence-electron chi connectivity index (χ4n) is 21.0. The van der Waals surface area contributed by atoms with Crippen LogP contribution < -0.4 is 5.46 Å². The lowest BCUT2D eigenvalue weighted by Crippen LogP contribution is -2.30. The van der Waals surface area contributed by atoms with Gasteiger partial charge in [-0.25, -0.2) is 9.97 Å². The van der Waals surface area contributed by atoms with Crippen LogP contribution in [0.2, 0.25) is 0 Å². The summed E-state index contributed by atoms with van der Waals surface area (Å²) in [5.41, 5.74) is 32.0. The minimum atomic E-state index is -1.51. The third-order valence-electron chi connectivity index (χ3n) is 27.1. The Balaban J connectivity index is -0.000000145.